The summed E-state index contributed by atoms with van der Waals surface area (Å²) in [5, 5.41) is 26.8. The van der Waals surface area contributed by atoms with Crippen molar-refractivity contribution < 1.29 is 29.1 Å². The zero-order valence-electron chi connectivity index (χ0n) is 18.7. The number of carboxylic acid groups (broad SMARTS) is 1. The molecule has 9 heteroatoms. The number of carbonyl (C=O) groups excluding carboxylic acids is 1. The summed E-state index contributed by atoms with van der Waals surface area (Å²) in [5.74, 6) is -1.74. The van der Waals surface area contributed by atoms with Gasteiger partial charge in [-0.15, -0.1) is 0 Å². The molecule has 0 saturated carbocycles. The van der Waals surface area contributed by atoms with Crippen molar-refractivity contribution in [3.05, 3.63) is 70.5 Å². The first-order valence-corrected chi connectivity index (χ1v) is 11.4. The molecule has 2 aromatic carbocycles. The van der Waals surface area contributed by atoms with Crippen molar-refractivity contribution in [1.29, 1.82) is 0 Å². The van der Waals surface area contributed by atoms with Crippen molar-refractivity contribution in [2.45, 2.75) is 19.3 Å². The molecule has 1 aromatic heterocycles. The van der Waals surface area contributed by atoms with Gasteiger partial charge in [-0.2, -0.15) is 0 Å². The van der Waals surface area contributed by atoms with Gasteiger partial charge in [-0.1, -0.05) is 41.9 Å². The Morgan fingerprint density at radius 2 is 1.89 bits per heavy atom. The number of halogens is 1. The van der Waals surface area contributed by atoms with E-state index in [4.69, 9.17) is 20.9 Å². The Balaban J connectivity index is 1.48. The van der Waals surface area contributed by atoms with Crippen LogP contribution in [0.5, 0.6) is 5.88 Å². The maximum Gasteiger partial charge on any atom is 0.306 e. The van der Waals surface area contributed by atoms with E-state index in [9.17, 15) is 19.8 Å². The summed E-state index contributed by atoms with van der Waals surface area (Å²) >= 11 is 6.55. The zero-order chi connectivity index (χ0) is 24.7. The smallest absolute Gasteiger partial charge is 0.306 e. The number of ether oxygens (including phenoxy) is 1. The van der Waals surface area contributed by atoms with Crippen LogP contribution in [0.15, 0.2) is 53.1 Å². The Morgan fingerprint density at radius 3 is 2.51 bits per heavy atom. The Labute approximate surface area is 205 Å². The number of nitrogens with zero attached hydrogens (tertiary/aromatic N) is 1. The Hall–Kier alpha value is -4.04. The molecular formula is C26H21ClN2O6. The largest absolute Gasteiger partial charge is 0.504 e. The second-order valence-corrected chi connectivity index (χ2v) is 8.81. The fourth-order valence-corrected chi connectivity index (χ4v) is 4.69. The van der Waals surface area contributed by atoms with Crippen molar-refractivity contribution in [3.63, 3.8) is 0 Å². The van der Waals surface area contributed by atoms with E-state index in [2.05, 4.69) is 10.5 Å². The molecule has 1 unspecified atom stereocenters. The molecule has 2 heterocycles. The van der Waals surface area contributed by atoms with Gasteiger partial charge in [0.15, 0.2) is 5.76 Å². The molecule has 3 aromatic rings. The summed E-state index contributed by atoms with van der Waals surface area (Å²) in [4.78, 5) is 23.9. The van der Waals surface area contributed by atoms with Crippen LogP contribution in [0, 0.1) is 5.92 Å². The number of hydrogen-bond acceptors (Lipinski definition) is 6. The molecule has 0 spiro atoms. The number of carbonyl (C=O) groups is 2. The zero-order valence-corrected chi connectivity index (χ0v) is 19.4. The lowest BCUT2D eigenvalue weighted by Crippen LogP contribution is -2.15. The second-order valence-electron chi connectivity index (χ2n) is 8.41. The van der Waals surface area contributed by atoms with E-state index >= 15 is 0 Å². The van der Waals surface area contributed by atoms with E-state index < -0.39 is 11.9 Å². The van der Waals surface area contributed by atoms with Gasteiger partial charge >= 0.3 is 5.97 Å². The first-order valence-electron chi connectivity index (χ1n) is 11.0. The number of hydrogen-bond donors (Lipinski definition) is 3. The number of carboxylic acids is 1. The van der Waals surface area contributed by atoms with Crippen molar-refractivity contribution in [1.82, 2.24) is 5.16 Å². The standard InChI is InChI=1S/C26H21ClN2O6/c1-34-22-12-21(35-29-22)24(30)23-18-10-17(19(27)11-20(18)28-25(23)31)15-6-2-13(3-7-15)14-4-8-16(9-5-14)26(32)33/h2-4,6-7,10-12,16,30H,5,8-9H2,1H3,(H,28,31)(H,32,33). The van der Waals surface area contributed by atoms with Crippen molar-refractivity contribution in [2.24, 2.45) is 5.92 Å². The first kappa shape index (κ1) is 22.7. The number of methoxy groups -OCH3 is 1. The third kappa shape index (κ3) is 4.17. The molecule has 1 aliphatic heterocycles. The summed E-state index contributed by atoms with van der Waals surface area (Å²) in [7, 11) is 1.42. The number of anilines is 1. The molecule has 1 aliphatic carbocycles. The molecule has 0 bridgehead atoms. The highest BCUT2D eigenvalue weighted by Gasteiger charge is 2.31. The number of aliphatic carboxylic acids is 1. The van der Waals surface area contributed by atoms with Crippen LogP contribution < -0.4 is 10.1 Å². The SMILES string of the molecule is COc1cc(C(O)=C2C(=O)Nc3cc(Cl)c(-c4ccc(C5=CCC(C(=O)O)CC5)cc4)cc32)on1. The maximum atomic E-state index is 12.7. The Kier molecular flexibility index (Phi) is 5.82. The molecule has 0 saturated heterocycles. The van der Waals surface area contributed by atoms with E-state index in [0.29, 0.717) is 41.1 Å². The topological polar surface area (TPSA) is 122 Å². The van der Waals surface area contributed by atoms with Crippen LogP contribution in [-0.2, 0) is 9.59 Å². The van der Waals surface area contributed by atoms with Crippen LogP contribution in [-0.4, -0.2) is 34.4 Å². The summed E-state index contributed by atoms with van der Waals surface area (Å²) in [6.07, 6.45) is 3.86. The highest BCUT2D eigenvalue weighted by molar-refractivity contribution is 6.38. The maximum absolute atomic E-state index is 12.7. The molecule has 5 rings (SSSR count). The number of allylic oxidation sites excluding steroid dienone is 2. The number of nitrogens with one attached hydrogen (secondary N) is 1. The van der Waals surface area contributed by atoms with Crippen LogP contribution >= 0.6 is 11.6 Å². The average Bonchev–Trinajstić information content (AvgIpc) is 3.47. The monoisotopic (exact) mass is 492 g/mol. The molecule has 2 aliphatic rings. The van der Waals surface area contributed by atoms with Gasteiger partial charge in [-0.25, -0.2) is 0 Å². The van der Waals surface area contributed by atoms with Crippen LogP contribution in [0.3, 0.4) is 0 Å². The van der Waals surface area contributed by atoms with Gasteiger partial charge in [-0.3, -0.25) is 9.59 Å². The summed E-state index contributed by atoms with van der Waals surface area (Å²) in [6, 6.07) is 12.6. The second kappa shape index (κ2) is 8.96. The molecule has 1 amide bonds. The molecule has 178 valence electrons. The van der Waals surface area contributed by atoms with Crippen LogP contribution in [0.4, 0.5) is 5.69 Å². The minimum atomic E-state index is -0.753. The van der Waals surface area contributed by atoms with Crippen molar-refractivity contribution in [2.75, 3.05) is 12.4 Å². The van der Waals surface area contributed by atoms with Crippen LogP contribution in [0.2, 0.25) is 5.02 Å². The van der Waals surface area contributed by atoms with Gasteiger partial charge < -0.3 is 24.8 Å². The number of fused-ring (bicyclic) bond motifs is 1. The highest BCUT2D eigenvalue weighted by atomic mass is 35.5. The van der Waals surface area contributed by atoms with Gasteiger partial charge in [0.2, 0.25) is 5.76 Å². The molecule has 1 atom stereocenters. The van der Waals surface area contributed by atoms with Crippen molar-refractivity contribution >= 4 is 46.1 Å². The van der Waals surface area contributed by atoms with E-state index in [0.717, 1.165) is 16.7 Å². The van der Waals surface area contributed by atoms with Gasteiger partial charge in [0.25, 0.3) is 11.8 Å². The van der Waals surface area contributed by atoms with E-state index in [1.54, 1.807) is 12.1 Å². The molecular weight excluding hydrogens is 472 g/mol. The number of benzene rings is 2. The molecule has 3 N–H and O–H groups in total. The Bertz CT molecular complexity index is 1400. The lowest BCUT2D eigenvalue weighted by Gasteiger charge is -2.19. The van der Waals surface area contributed by atoms with Crippen molar-refractivity contribution in [3.8, 4) is 17.0 Å². The molecule has 0 radical (unpaired) electrons. The van der Waals surface area contributed by atoms with E-state index in [1.165, 1.54) is 13.2 Å². The minimum Gasteiger partial charge on any atom is -0.504 e. The van der Waals surface area contributed by atoms with Gasteiger partial charge in [-0.05, 0) is 53.3 Å². The Morgan fingerprint density at radius 1 is 1.14 bits per heavy atom. The normalized spacial score (nSPS) is 18.5. The summed E-state index contributed by atoms with van der Waals surface area (Å²) < 4.78 is 10.1. The third-order valence-corrected chi connectivity index (χ3v) is 6.66. The average molecular weight is 493 g/mol. The summed E-state index contributed by atoms with van der Waals surface area (Å²) in [6.45, 7) is 0. The molecule has 0 fully saturated rings. The minimum absolute atomic E-state index is 0.00611. The fraction of sp³-hybridized carbons (Fsp3) is 0.192. The van der Waals surface area contributed by atoms with Gasteiger partial charge in [0.05, 0.1) is 35.4 Å². The number of aliphatic hydroxyl groups is 1. The van der Waals surface area contributed by atoms with Gasteiger partial charge in [0, 0.05) is 11.1 Å². The molecule has 35 heavy (non-hydrogen) atoms. The van der Waals surface area contributed by atoms with Crippen LogP contribution in [0.1, 0.15) is 36.1 Å². The summed E-state index contributed by atoms with van der Waals surface area (Å²) in [5.41, 5.74) is 4.70. The number of aliphatic hydroxyl groups excluding tert-OH is 1. The predicted octanol–water partition coefficient (Wildman–Crippen LogP) is 5.65. The molecule has 8 nitrogen and oxygen atoms in total. The number of amides is 1. The van der Waals surface area contributed by atoms with E-state index in [-0.39, 0.29) is 28.9 Å². The van der Waals surface area contributed by atoms with Gasteiger partial charge in [0.1, 0.15) is 0 Å². The van der Waals surface area contributed by atoms with E-state index in [1.807, 2.05) is 30.3 Å². The first-order chi connectivity index (χ1) is 16.9. The third-order valence-electron chi connectivity index (χ3n) is 6.35. The number of aromatic nitrogens is 1. The predicted molar refractivity (Wildman–Crippen MR) is 131 cm³/mol. The lowest BCUT2D eigenvalue weighted by molar-refractivity contribution is -0.141. The highest BCUT2D eigenvalue weighted by Crippen LogP contribution is 2.42. The lowest BCUT2D eigenvalue weighted by atomic mass is 9.86. The number of rotatable bonds is 5. The quantitative estimate of drug-likeness (QED) is 0.310. The fourth-order valence-electron chi connectivity index (χ4n) is 4.42. The van der Waals surface area contributed by atoms with Crippen LogP contribution in [0.25, 0.3) is 28.0 Å².